The van der Waals surface area contributed by atoms with E-state index in [4.69, 9.17) is 17.0 Å². The summed E-state index contributed by atoms with van der Waals surface area (Å²) >= 11 is 8.30. The van der Waals surface area contributed by atoms with Gasteiger partial charge in [-0.05, 0) is 64.9 Å². The van der Waals surface area contributed by atoms with E-state index in [1.807, 2.05) is 31.2 Å². The van der Waals surface area contributed by atoms with Gasteiger partial charge >= 0.3 is 0 Å². The third-order valence-corrected chi connectivity index (χ3v) is 4.27. The van der Waals surface area contributed by atoms with E-state index >= 15 is 0 Å². The van der Waals surface area contributed by atoms with Gasteiger partial charge in [0.15, 0.2) is 5.11 Å². The first-order valence-electron chi connectivity index (χ1n) is 7.88. The molecular formula is C19H18BrN3O3S. The Hall–Kier alpha value is -2.71. The monoisotopic (exact) mass is 447 g/mol. The van der Waals surface area contributed by atoms with Gasteiger partial charge < -0.3 is 4.74 Å². The maximum atomic E-state index is 12.1. The van der Waals surface area contributed by atoms with Crippen LogP contribution in [-0.2, 0) is 4.79 Å². The van der Waals surface area contributed by atoms with E-state index in [0.717, 1.165) is 11.1 Å². The normalized spacial score (nSPS) is 10.3. The number of carbonyl (C=O) groups excluding carboxylic acids is 2. The van der Waals surface area contributed by atoms with Crippen molar-refractivity contribution in [3.8, 4) is 5.75 Å². The number of benzene rings is 2. The van der Waals surface area contributed by atoms with Crippen LogP contribution in [0.4, 0.5) is 0 Å². The summed E-state index contributed by atoms with van der Waals surface area (Å²) in [6.07, 6.45) is 3.03. The molecule has 0 aliphatic heterocycles. The molecule has 0 aliphatic rings. The molecule has 0 atom stereocenters. The first kappa shape index (κ1) is 20.6. The molecule has 0 radical (unpaired) electrons. The van der Waals surface area contributed by atoms with Crippen molar-refractivity contribution in [3.63, 3.8) is 0 Å². The molecule has 2 amide bonds. The van der Waals surface area contributed by atoms with Gasteiger partial charge in [0.05, 0.1) is 11.6 Å². The number of amides is 2. The fourth-order valence-corrected chi connectivity index (χ4v) is 2.72. The van der Waals surface area contributed by atoms with Crippen molar-refractivity contribution in [3.05, 3.63) is 69.7 Å². The Morgan fingerprint density at radius 3 is 2.44 bits per heavy atom. The van der Waals surface area contributed by atoms with Crippen molar-refractivity contribution >= 4 is 51.2 Å². The zero-order valence-electron chi connectivity index (χ0n) is 14.7. The smallest absolute Gasteiger partial charge is 0.269 e. The van der Waals surface area contributed by atoms with Crippen LogP contribution in [0.25, 0.3) is 6.08 Å². The standard InChI is InChI=1S/C19H18BrN3O3S/c1-12-3-5-13(6-4-12)7-10-17(24)21-19(27)23-22-18(25)14-8-9-16(26-2)15(20)11-14/h3-11H,1-2H3,(H,22,25)(H2,21,23,24,27)/b10-7+. The highest BCUT2D eigenvalue weighted by Crippen LogP contribution is 2.25. The molecule has 0 saturated carbocycles. The lowest BCUT2D eigenvalue weighted by Crippen LogP contribution is -2.48. The van der Waals surface area contributed by atoms with Gasteiger partial charge in [0.1, 0.15) is 5.75 Å². The largest absolute Gasteiger partial charge is 0.496 e. The number of nitrogens with one attached hydrogen (secondary N) is 3. The van der Waals surface area contributed by atoms with Crippen LogP contribution in [0.2, 0.25) is 0 Å². The van der Waals surface area contributed by atoms with E-state index in [2.05, 4.69) is 32.1 Å². The van der Waals surface area contributed by atoms with Gasteiger partial charge in [-0.2, -0.15) is 0 Å². The number of hydrogen-bond acceptors (Lipinski definition) is 4. The summed E-state index contributed by atoms with van der Waals surface area (Å²) in [6.45, 7) is 1.99. The highest BCUT2D eigenvalue weighted by molar-refractivity contribution is 9.10. The van der Waals surface area contributed by atoms with E-state index in [-0.39, 0.29) is 5.11 Å². The number of thiocarbonyl (C=S) groups is 1. The lowest BCUT2D eigenvalue weighted by molar-refractivity contribution is -0.115. The van der Waals surface area contributed by atoms with Gasteiger partial charge in [-0.3, -0.25) is 25.8 Å². The highest BCUT2D eigenvalue weighted by atomic mass is 79.9. The zero-order chi connectivity index (χ0) is 19.8. The van der Waals surface area contributed by atoms with Gasteiger partial charge in [0.25, 0.3) is 5.91 Å². The average Bonchev–Trinajstić information content (AvgIpc) is 2.65. The van der Waals surface area contributed by atoms with E-state index in [9.17, 15) is 9.59 Å². The Kier molecular flexibility index (Phi) is 7.51. The van der Waals surface area contributed by atoms with Crippen LogP contribution in [-0.4, -0.2) is 24.0 Å². The third kappa shape index (κ3) is 6.50. The second-order valence-corrected chi connectivity index (χ2v) is 6.75. The Morgan fingerprint density at radius 1 is 1.11 bits per heavy atom. The summed E-state index contributed by atoms with van der Waals surface area (Å²) in [6, 6.07) is 12.6. The maximum absolute atomic E-state index is 12.1. The minimum Gasteiger partial charge on any atom is -0.496 e. The second kappa shape index (κ2) is 9.84. The molecule has 8 heteroatoms. The Labute approximate surface area is 171 Å². The van der Waals surface area contributed by atoms with Crippen molar-refractivity contribution in [2.24, 2.45) is 0 Å². The molecule has 27 heavy (non-hydrogen) atoms. The van der Waals surface area contributed by atoms with Crippen LogP contribution in [0, 0.1) is 6.92 Å². The Morgan fingerprint density at radius 2 is 1.81 bits per heavy atom. The minimum absolute atomic E-state index is 0.0190. The van der Waals surface area contributed by atoms with Crippen LogP contribution in [0.15, 0.2) is 53.0 Å². The first-order valence-corrected chi connectivity index (χ1v) is 9.09. The molecule has 0 aliphatic carbocycles. The second-order valence-electron chi connectivity index (χ2n) is 5.49. The molecular weight excluding hydrogens is 430 g/mol. The molecule has 0 saturated heterocycles. The topological polar surface area (TPSA) is 79.5 Å². The van der Waals surface area contributed by atoms with Crippen molar-refractivity contribution in [2.75, 3.05) is 7.11 Å². The van der Waals surface area contributed by atoms with Crippen LogP contribution in [0.3, 0.4) is 0 Å². The molecule has 2 aromatic rings. The summed E-state index contributed by atoms with van der Waals surface area (Å²) in [5.74, 6) is -0.206. The first-order chi connectivity index (χ1) is 12.9. The summed E-state index contributed by atoms with van der Waals surface area (Å²) < 4.78 is 5.76. The zero-order valence-corrected chi connectivity index (χ0v) is 17.1. The molecule has 0 heterocycles. The van der Waals surface area contributed by atoms with Crippen molar-refractivity contribution in [1.82, 2.24) is 16.2 Å². The summed E-state index contributed by atoms with van der Waals surface area (Å²) in [7, 11) is 1.54. The Bertz CT molecular complexity index is 882. The van der Waals surface area contributed by atoms with E-state index in [1.54, 1.807) is 24.3 Å². The third-order valence-electron chi connectivity index (χ3n) is 3.44. The van der Waals surface area contributed by atoms with E-state index in [0.29, 0.717) is 15.8 Å². The SMILES string of the molecule is COc1ccc(C(=O)NNC(=S)NC(=O)/C=C/c2ccc(C)cc2)cc1Br. The number of aryl methyl sites for hydroxylation is 1. The minimum atomic E-state index is -0.412. The van der Waals surface area contributed by atoms with Crippen LogP contribution < -0.4 is 20.9 Å². The molecule has 0 unspecified atom stereocenters. The molecule has 0 fully saturated rings. The van der Waals surface area contributed by atoms with Gasteiger partial charge in [-0.1, -0.05) is 29.8 Å². The summed E-state index contributed by atoms with van der Waals surface area (Å²) in [4.78, 5) is 24.0. The van der Waals surface area contributed by atoms with E-state index in [1.165, 1.54) is 13.2 Å². The number of ether oxygens (including phenoxy) is 1. The quantitative estimate of drug-likeness (QED) is 0.381. The number of halogens is 1. The number of carbonyl (C=O) groups is 2. The fourth-order valence-electron chi connectivity index (χ4n) is 2.03. The molecule has 0 aromatic heterocycles. The predicted octanol–water partition coefficient (Wildman–Crippen LogP) is 3.12. The number of hydrogen-bond donors (Lipinski definition) is 3. The lowest BCUT2D eigenvalue weighted by Gasteiger charge is -2.10. The van der Waals surface area contributed by atoms with Crippen molar-refractivity contribution in [1.29, 1.82) is 0 Å². The van der Waals surface area contributed by atoms with Crippen molar-refractivity contribution < 1.29 is 14.3 Å². The molecule has 140 valence electrons. The van der Waals surface area contributed by atoms with Crippen molar-refractivity contribution in [2.45, 2.75) is 6.92 Å². The lowest BCUT2D eigenvalue weighted by atomic mass is 10.1. The molecule has 0 bridgehead atoms. The van der Waals surface area contributed by atoms with Crippen LogP contribution in [0.5, 0.6) is 5.75 Å². The van der Waals surface area contributed by atoms with Gasteiger partial charge in [0.2, 0.25) is 5.91 Å². The summed E-state index contributed by atoms with van der Waals surface area (Å²) in [5, 5.41) is 2.43. The van der Waals surface area contributed by atoms with Gasteiger partial charge in [-0.25, -0.2) is 0 Å². The number of hydrazine groups is 1. The number of rotatable bonds is 4. The van der Waals surface area contributed by atoms with Gasteiger partial charge in [-0.15, -0.1) is 0 Å². The molecule has 6 nitrogen and oxygen atoms in total. The molecule has 3 N–H and O–H groups in total. The maximum Gasteiger partial charge on any atom is 0.269 e. The number of methoxy groups -OCH3 is 1. The molecule has 0 spiro atoms. The molecule has 2 aromatic carbocycles. The molecule has 2 rings (SSSR count). The fraction of sp³-hybridized carbons (Fsp3) is 0.105. The Balaban J connectivity index is 1.82. The highest BCUT2D eigenvalue weighted by Gasteiger charge is 2.09. The predicted molar refractivity (Wildman–Crippen MR) is 112 cm³/mol. The average molecular weight is 448 g/mol. The van der Waals surface area contributed by atoms with E-state index < -0.39 is 11.8 Å². The van der Waals surface area contributed by atoms with Crippen LogP contribution >= 0.6 is 28.1 Å². The van der Waals surface area contributed by atoms with Crippen LogP contribution in [0.1, 0.15) is 21.5 Å². The summed E-state index contributed by atoms with van der Waals surface area (Å²) in [5.41, 5.74) is 7.33. The van der Waals surface area contributed by atoms with Gasteiger partial charge in [0, 0.05) is 11.6 Å².